The molecule has 2 aliphatic heterocycles. The fourth-order valence-corrected chi connectivity index (χ4v) is 4.56. The van der Waals surface area contributed by atoms with Crippen molar-refractivity contribution in [2.45, 2.75) is 0 Å². The normalized spacial score (nSPS) is 20.7. The first kappa shape index (κ1) is 19.7. The van der Waals surface area contributed by atoms with Gasteiger partial charge in [0, 0.05) is 60.2 Å². The third-order valence-electron chi connectivity index (χ3n) is 6.02. The molecule has 7 nitrogen and oxygen atoms in total. The van der Waals surface area contributed by atoms with E-state index < -0.39 is 5.82 Å². The molecule has 0 radical (unpaired) electrons. The number of hydrogen-bond donors (Lipinski definition) is 1. The number of H-pyrrole nitrogens is 1. The predicted molar refractivity (Wildman–Crippen MR) is 114 cm³/mol. The molecule has 0 spiro atoms. The minimum atomic E-state index is -0.465. The quantitative estimate of drug-likeness (QED) is 0.636. The SMILES string of the molecule is O=C(/C=C/c1ccc(Cl)cc1F)N1CC2CN(C(=O)c3ccc4n[nH]nc4c3)CC2C1. The minimum absolute atomic E-state index is 0.0321. The van der Waals surface area contributed by atoms with Crippen LogP contribution in [0, 0.1) is 17.7 Å². The molecule has 0 bridgehead atoms. The van der Waals surface area contributed by atoms with E-state index in [9.17, 15) is 14.0 Å². The summed E-state index contributed by atoms with van der Waals surface area (Å²) in [4.78, 5) is 29.1. The minimum Gasteiger partial charge on any atom is -0.338 e. The van der Waals surface area contributed by atoms with E-state index in [-0.39, 0.29) is 23.7 Å². The lowest BCUT2D eigenvalue weighted by Crippen LogP contribution is -2.35. The zero-order chi connectivity index (χ0) is 21.5. The van der Waals surface area contributed by atoms with Gasteiger partial charge in [0.05, 0.1) is 0 Å². The van der Waals surface area contributed by atoms with Crippen LogP contribution in [0.3, 0.4) is 0 Å². The van der Waals surface area contributed by atoms with Gasteiger partial charge in [-0.25, -0.2) is 4.39 Å². The molecule has 2 fully saturated rings. The average molecular weight is 440 g/mol. The molecule has 2 aromatic carbocycles. The molecule has 3 heterocycles. The van der Waals surface area contributed by atoms with Gasteiger partial charge in [0.15, 0.2) is 0 Å². The van der Waals surface area contributed by atoms with Crippen molar-refractivity contribution in [3.63, 3.8) is 0 Å². The van der Waals surface area contributed by atoms with Crippen LogP contribution in [-0.2, 0) is 4.79 Å². The van der Waals surface area contributed by atoms with Crippen LogP contribution in [0.4, 0.5) is 4.39 Å². The van der Waals surface area contributed by atoms with Gasteiger partial charge >= 0.3 is 0 Å². The van der Waals surface area contributed by atoms with Crippen molar-refractivity contribution < 1.29 is 14.0 Å². The highest BCUT2D eigenvalue weighted by Gasteiger charge is 2.42. The summed E-state index contributed by atoms with van der Waals surface area (Å²) in [5.41, 5.74) is 2.28. The number of benzene rings is 2. The second-order valence-electron chi connectivity index (χ2n) is 8.00. The summed E-state index contributed by atoms with van der Waals surface area (Å²) in [6.45, 7) is 2.39. The highest BCUT2D eigenvalue weighted by atomic mass is 35.5. The van der Waals surface area contributed by atoms with Crippen molar-refractivity contribution >= 4 is 40.5 Å². The molecular weight excluding hydrogens is 421 g/mol. The van der Waals surface area contributed by atoms with E-state index >= 15 is 0 Å². The van der Waals surface area contributed by atoms with Crippen molar-refractivity contribution in [3.05, 3.63) is 64.4 Å². The van der Waals surface area contributed by atoms with Crippen LogP contribution in [-0.4, -0.2) is 63.2 Å². The number of nitrogens with one attached hydrogen (secondary N) is 1. The molecule has 1 N–H and O–H groups in total. The summed E-state index contributed by atoms with van der Waals surface area (Å²) in [5, 5.41) is 10.9. The van der Waals surface area contributed by atoms with Crippen LogP contribution in [0.15, 0.2) is 42.5 Å². The number of rotatable bonds is 3. The van der Waals surface area contributed by atoms with Crippen molar-refractivity contribution in [2.24, 2.45) is 11.8 Å². The average Bonchev–Trinajstić information content (AvgIpc) is 3.46. The molecule has 3 aromatic rings. The zero-order valence-electron chi connectivity index (χ0n) is 16.5. The molecule has 2 saturated heterocycles. The number of amides is 2. The van der Waals surface area contributed by atoms with Gasteiger partial charge in [-0.05, 0) is 36.4 Å². The lowest BCUT2D eigenvalue weighted by Gasteiger charge is -2.21. The van der Waals surface area contributed by atoms with Crippen LogP contribution < -0.4 is 0 Å². The van der Waals surface area contributed by atoms with Crippen LogP contribution in [0.25, 0.3) is 17.1 Å². The number of carbonyl (C=O) groups excluding carboxylic acids is 2. The standard InChI is InChI=1S/C22H19ClFN5O2/c23-17-4-1-13(18(24)8-17)3-6-21(30)28-9-15-11-29(12-16(15)10-28)22(31)14-2-5-19-20(7-14)26-27-25-19/h1-8,15-16H,9-12H2,(H,25,26,27)/b6-3+. The molecule has 1 aromatic heterocycles. The fourth-order valence-electron chi connectivity index (χ4n) is 4.40. The number of halogens is 2. The van der Waals surface area contributed by atoms with Gasteiger partial charge in [-0.3, -0.25) is 9.59 Å². The fraction of sp³-hybridized carbons (Fsp3) is 0.273. The number of aromatic nitrogens is 3. The lowest BCUT2D eigenvalue weighted by molar-refractivity contribution is -0.125. The van der Waals surface area contributed by atoms with Crippen molar-refractivity contribution in [3.8, 4) is 0 Å². The molecule has 2 amide bonds. The molecule has 2 atom stereocenters. The number of aromatic amines is 1. The maximum atomic E-state index is 13.9. The van der Waals surface area contributed by atoms with Crippen LogP contribution in [0.5, 0.6) is 0 Å². The van der Waals surface area contributed by atoms with Gasteiger partial charge in [0.25, 0.3) is 5.91 Å². The van der Waals surface area contributed by atoms with Crippen molar-refractivity contribution in [1.82, 2.24) is 25.2 Å². The molecule has 2 unspecified atom stereocenters. The zero-order valence-corrected chi connectivity index (χ0v) is 17.2. The Bertz CT molecular complexity index is 1200. The van der Waals surface area contributed by atoms with E-state index in [1.165, 1.54) is 18.2 Å². The predicted octanol–water partition coefficient (Wildman–Crippen LogP) is 2.99. The summed E-state index contributed by atoms with van der Waals surface area (Å²) in [6.07, 6.45) is 2.86. The topological polar surface area (TPSA) is 82.2 Å². The highest BCUT2D eigenvalue weighted by molar-refractivity contribution is 6.30. The Balaban J connectivity index is 1.20. The Hall–Kier alpha value is -3.26. The van der Waals surface area contributed by atoms with Crippen LogP contribution >= 0.6 is 11.6 Å². The van der Waals surface area contributed by atoms with Gasteiger partial charge in [-0.2, -0.15) is 15.4 Å². The molecule has 0 saturated carbocycles. The smallest absolute Gasteiger partial charge is 0.253 e. The van der Waals surface area contributed by atoms with E-state index in [0.717, 1.165) is 5.52 Å². The van der Waals surface area contributed by atoms with Gasteiger partial charge in [0.1, 0.15) is 16.9 Å². The maximum absolute atomic E-state index is 13.9. The Labute approximate surface area is 182 Å². The Kier molecular flexibility index (Phi) is 4.94. The summed E-state index contributed by atoms with van der Waals surface area (Å²) in [6, 6.07) is 9.63. The van der Waals surface area contributed by atoms with Gasteiger partial charge < -0.3 is 9.80 Å². The van der Waals surface area contributed by atoms with Crippen LogP contribution in [0.2, 0.25) is 5.02 Å². The maximum Gasteiger partial charge on any atom is 0.253 e. The highest BCUT2D eigenvalue weighted by Crippen LogP contribution is 2.32. The number of fused-ring (bicyclic) bond motifs is 2. The first-order valence-corrected chi connectivity index (χ1v) is 10.4. The lowest BCUT2D eigenvalue weighted by atomic mass is 10.0. The molecule has 158 valence electrons. The summed E-state index contributed by atoms with van der Waals surface area (Å²) in [7, 11) is 0. The summed E-state index contributed by atoms with van der Waals surface area (Å²) >= 11 is 5.76. The van der Waals surface area contributed by atoms with E-state index in [1.807, 2.05) is 4.90 Å². The second kappa shape index (κ2) is 7.77. The molecule has 31 heavy (non-hydrogen) atoms. The molecular formula is C22H19ClFN5O2. The van der Waals surface area contributed by atoms with Gasteiger partial charge in [-0.1, -0.05) is 17.7 Å². The van der Waals surface area contributed by atoms with E-state index in [4.69, 9.17) is 11.6 Å². The van der Waals surface area contributed by atoms with Crippen molar-refractivity contribution in [1.29, 1.82) is 0 Å². The third kappa shape index (κ3) is 3.79. The Morgan fingerprint density at radius 2 is 1.71 bits per heavy atom. The number of carbonyl (C=O) groups is 2. The molecule has 9 heteroatoms. The van der Waals surface area contributed by atoms with E-state index in [1.54, 1.807) is 35.2 Å². The van der Waals surface area contributed by atoms with E-state index in [0.29, 0.717) is 47.8 Å². The monoisotopic (exact) mass is 439 g/mol. The van der Waals surface area contributed by atoms with Crippen molar-refractivity contribution in [2.75, 3.05) is 26.2 Å². The number of nitrogens with zero attached hydrogens (tertiary/aromatic N) is 4. The van der Waals surface area contributed by atoms with Gasteiger partial charge in [0.2, 0.25) is 5.91 Å². The van der Waals surface area contributed by atoms with Gasteiger partial charge in [-0.15, -0.1) is 0 Å². The molecule has 2 aliphatic rings. The number of hydrogen-bond acceptors (Lipinski definition) is 4. The first-order valence-electron chi connectivity index (χ1n) is 10.00. The number of likely N-dealkylation sites (tertiary alicyclic amines) is 2. The third-order valence-corrected chi connectivity index (χ3v) is 6.25. The second-order valence-corrected chi connectivity index (χ2v) is 8.44. The summed E-state index contributed by atoms with van der Waals surface area (Å²) in [5.74, 6) is -0.171. The molecule has 5 rings (SSSR count). The van der Waals surface area contributed by atoms with Crippen LogP contribution in [0.1, 0.15) is 15.9 Å². The molecule has 0 aliphatic carbocycles. The summed E-state index contributed by atoms with van der Waals surface area (Å²) < 4.78 is 13.9. The van der Waals surface area contributed by atoms with E-state index in [2.05, 4.69) is 15.4 Å². The Morgan fingerprint density at radius 1 is 1.00 bits per heavy atom. The Morgan fingerprint density at radius 3 is 2.45 bits per heavy atom. The first-order chi connectivity index (χ1) is 15.0. The largest absolute Gasteiger partial charge is 0.338 e.